The van der Waals surface area contributed by atoms with Gasteiger partial charge in [-0.3, -0.25) is 4.79 Å². The van der Waals surface area contributed by atoms with Crippen molar-refractivity contribution in [1.82, 2.24) is 5.32 Å². The summed E-state index contributed by atoms with van der Waals surface area (Å²) < 4.78 is 0. The van der Waals surface area contributed by atoms with Crippen molar-refractivity contribution < 1.29 is 4.79 Å². The Hall–Kier alpha value is -0.640. The molecule has 1 rings (SSSR count). The van der Waals surface area contributed by atoms with E-state index in [0.29, 0.717) is 10.4 Å². The van der Waals surface area contributed by atoms with Gasteiger partial charge in [0.2, 0.25) is 5.91 Å². The van der Waals surface area contributed by atoms with E-state index >= 15 is 0 Å². The highest BCUT2D eigenvalue weighted by molar-refractivity contribution is 7.80. The number of hydrogen-bond acceptors (Lipinski definition) is 2. The van der Waals surface area contributed by atoms with Gasteiger partial charge < -0.3 is 11.1 Å². The van der Waals surface area contributed by atoms with Gasteiger partial charge in [0.1, 0.15) is 0 Å². The number of thiocarbonyl (C=S) groups is 1. The van der Waals surface area contributed by atoms with Crippen LogP contribution in [0.5, 0.6) is 0 Å². The third-order valence-corrected chi connectivity index (χ3v) is 4.68. The lowest BCUT2D eigenvalue weighted by Crippen LogP contribution is -2.35. The second-order valence-electron chi connectivity index (χ2n) is 7.13. The summed E-state index contributed by atoms with van der Waals surface area (Å²) in [7, 11) is 0. The number of carbonyl (C=O) groups excluding carboxylic acids is 1. The van der Waals surface area contributed by atoms with E-state index in [1.54, 1.807) is 0 Å². The minimum absolute atomic E-state index is 0.226. The van der Waals surface area contributed by atoms with Gasteiger partial charge in [-0.25, -0.2) is 0 Å². The first-order valence-corrected chi connectivity index (χ1v) is 8.27. The van der Waals surface area contributed by atoms with Crippen molar-refractivity contribution in [3.05, 3.63) is 0 Å². The number of carbonyl (C=O) groups is 1. The van der Waals surface area contributed by atoms with Crippen LogP contribution in [0.25, 0.3) is 0 Å². The maximum atomic E-state index is 12.1. The normalized spacial score (nSPS) is 23.4. The quantitative estimate of drug-likeness (QED) is 0.583. The number of hydrogen-bond donors (Lipinski definition) is 2. The minimum Gasteiger partial charge on any atom is -0.393 e. The molecule has 1 amide bonds. The molecule has 0 spiro atoms. The van der Waals surface area contributed by atoms with Crippen molar-refractivity contribution in [3.63, 3.8) is 0 Å². The first-order chi connectivity index (χ1) is 9.30. The predicted molar refractivity (Wildman–Crippen MR) is 88.5 cm³/mol. The Morgan fingerprint density at radius 2 is 1.80 bits per heavy atom. The Morgan fingerprint density at radius 1 is 1.20 bits per heavy atom. The average molecular weight is 298 g/mol. The van der Waals surface area contributed by atoms with Crippen LogP contribution in [-0.4, -0.2) is 17.4 Å². The smallest absolute Gasteiger partial charge is 0.223 e. The molecule has 0 unspecified atom stereocenters. The average Bonchev–Trinajstić information content (AvgIpc) is 2.37. The summed E-state index contributed by atoms with van der Waals surface area (Å²) in [5, 5.41) is 3.06. The van der Waals surface area contributed by atoms with Crippen molar-refractivity contribution >= 4 is 23.1 Å². The highest BCUT2D eigenvalue weighted by atomic mass is 32.1. The number of amides is 1. The molecule has 20 heavy (non-hydrogen) atoms. The van der Waals surface area contributed by atoms with Gasteiger partial charge in [0, 0.05) is 12.5 Å². The fourth-order valence-electron chi connectivity index (χ4n) is 3.00. The zero-order valence-electron chi connectivity index (χ0n) is 13.2. The fourth-order valence-corrected chi connectivity index (χ4v) is 3.15. The SMILES string of the molecule is CC(C)(C)C1CCC(C(=O)NCCCCC(N)=S)CC1. The summed E-state index contributed by atoms with van der Waals surface area (Å²) >= 11 is 4.83. The van der Waals surface area contributed by atoms with Gasteiger partial charge >= 0.3 is 0 Å². The van der Waals surface area contributed by atoms with Crippen LogP contribution < -0.4 is 11.1 Å². The van der Waals surface area contributed by atoms with Gasteiger partial charge in [0.25, 0.3) is 0 Å². The monoisotopic (exact) mass is 298 g/mol. The Morgan fingerprint density at radius 3 is 2.30 bits per heavy atom. The van der Waals surface area contributed by atoms with Crippen LogP contribution in [0.4, 0.5) is 0 Å². The highest BCUT2D eigenvalue weighted by Crippen LogP contribution is 2.39. The molecule has 1 fully saturated rings. The van der Waals surface area contributed by atoms with E-state index < -0.39 is 0 Å². The van der Waals surface area contributed by atoms with E-state index in [1.807, 2.05) is 0 Å². The van der Waals surface area contributed by atoms with Crippen LogP contribution in [0.1, 0.15) is 65.7 Å². The van der Waals surface area contributed by atoms with Gasteiger partial charge in [-0.05, 0) is 56.3 Å². The molecule has 0 heterocycles. The molecule has 1 aliphatic carbocycles. The molecule has 0 radical (unpaired) electrons. The van der Waals surface area contributed by atoms with Gasteiger partial charge in [-0.15, -0.1) is 0 Å². The first kappa shape index (κ1) is 17.4. The Balaban J connectivity index is 2.18. The van der Waals surface area contributed by atoms with Gasteiger partial charge in [-0.2, -0.15) is 0 Å². The van der Waals surface area contributed by atoms with Gasteiger partial charge in [0.05, 0.1) is 4.99 Å². The predicted octanol–water partition coefficient (Wildman–Crippen LogP) is 3.41. The van der Waals surface area contributed by atoms with E-state index in [0.717, 1.165) is 44.6 Å². The Bertz CT molecular complexity index is 328. The molecule has 0 bridgehead atoms. The second-order valence-corrected chi connectivity index (χ2v) is 7.65. The largest absolute Gasteiger partial charge is 0.393 e. The molecule has 0 aromatic rings. The first-order valence-electron chi connectivity index (χ1n) is 7.86. The molecule has 116 valence electrons. The van der Waals surface area contributed by atoms with Crippen LogP contribution >= 0.6 is 12.2 Å². The lowest BCUT2D eigenvalue weighted by Gasteiger charge is -2.36. The Kier molecular flexibility index (Phi) is 6.93. The maximum absolute atomic E-state index is 12.1. The summed E-state index contributed by atoms with van der Waals surface area (Å²) in [5.41, 5.74) is 5.82. The van der Waals surface area contributed by atoms with Crippen LogP contribution in [0, 0.1) is 17.3 Å². The molecule has 0 saturated heterocycles. The summed E-state index contributed by atoms with van der Waals surface area (Å²) in [5.74, 6) is 1.23. The number of nitrogens with two attached hydrogens (primary N) is 1. The van der Waals surface area contributed by atoms with Crippen molar-refractivity contribution in [3.8, 4) is 0 Å². The summed E-state index contributed by atoms with van der Waals surface area (Å²) in [6.45, 7) is 7.67. The molecular formula is C16H30N2OS. The van der Waals surface area contributed by atoms with E-state index in [1.165, 1.54) is 12.8 Å². The van der Waals surface area contributed by atoms with E-state index in [2.05, 4.69) is 26.1 Å². The summed E-state index contributed by atoms with van der Waals surface area (Å²) in [6.07, 6.45) is 7.15. The molecule has 3 nitrogen and oxygen atoms in total. The Labute approximate surface area is 129 Å². The molecule has 0 aromatic heterocycles. The molecule has 0 atom stereocenters. The fraction of sp³-hybridized carbons (Fsp3) is 0.875. The number of nitrogens with one attached hydrogen (secondary N) is 1. The molecule has 4 heteroatoms. The summed E-state index contributed by atoms with van der Waals surface area (Å²) in [6, 6.07) is 0. The van der Waals surface area contributed by atoms with E-state index in [4.69, 9.17) is 18.0 Å². The van der Waals surface area contributed by atoms with E-state index in [-0.39, 0.29) is 11.8 Å². The van der Waals surface area contributed by atoms with Crippen LogP contribution in [0.2, 0.25) is 0 Å². The lowest BCUT2D eigenvalue weighted by atomic mass is 9.69. The topological polar surface area (TPSA) is 55.1 Å². The van der Waals surface area contributed by atoms with Crippen molar-refractivity contribution in [2.75, 3.05) is 6.54 Å². The molecular weight excluding hydrogens is 268 g/mol. The van der Waals surface area contributed by atoms with Crippen molar-refractivity contribution in [2.45, 2.75) is 65.7 Å². The van der Waals surface area contributed by atoms with Gasteiger partial charge in [-0.1, -0.05) is 33.0 Å². The van der Waals surface area contributed by atoms with Crippen LogP contribution in [0.15, 0.2) is 0 Å². The minimum atomic E-state index is 0.226. The number of rotatable bonds is 6. The maximum Gasteiger partial charge on any atom is 0.223 e. The van der Waals surface area contributed by atoms with Crippen molar-refractivity contribution in [1.29, 1.82) is 0 Å². The summed E-state index contributed by atoms with van der Waals surface area (Å²) in [4.78, 5) is 12.7. The number of unbranched alkanes of at least 4 members (excludes halogenated alkanes) is 1. The van der Waals surface area contributed by atoms with Crippen LogP contribution in [-0.2, 0) is 4.79 Å². The molecule has 0 aliphatic heterocycles. The second kappa shape index (κ2) is 7.96. The molecule has 1 aliphatic rings. The molecule has 3 N–H and O–H groups in total. The standard InChI is InChI=1S/C16H30N2OS/c1-16(2,3)13-9-7-12(8-10-13)15(19)18-11-5-4-6-14(17)20/h12-13H,4-11H2,1-3H3,(H2,17,20)(H,18,19). The van der Waals surface area contributed by atoms with Gasteiger partial charge in [0.15, 0.2) is 0 Å². The molecule has 1 saturated carbocycles. The highest BCUT2D eigenvalue weighted by Gasteiger charge is 2.32. The third kappa shape index (κ3) is 6.21. The lowest BCUT2D eigenvalue weighted by molar-refractivity contribution is -0.126. The zero-order chi connectivity index (χ0) is 15.2. The third-order valence-electron chi connectivity index (χ3n) is 4.47. The zero-order valence-corrected chi connectivity index (χ0v) is 14.0. The van der Waals surface area contributed by atoms with Crippen LogP contribution in [0.3, 0.4) is 0 Å². The molecule has 0 aromatic carbocycles. The van der Waals surface area contributed by atoms with Crippen molar-refractivity contribution in [2.24, 2.45) is 23.0 Å². The van der Waals surface area contributed by atoms with E-state index in [9.17, 15) is 4.79 Å².